The molecule has 0 radical (unpaired) electrons. The van der Waals surface area contributed by atoms with Crippen molar-refractivity contribution in [2.45, 2.75) is 32.2 Å². The van der Waals surface area contributed by atoms with E-state index in [2.05, 4.69) is 5.32 Å². The third-order valence-corrected chi connectivity index (χ3v) is 3.84. The first-order chi connectivity index (χ1) is 9.85. The van der Waals surface area contributed by atoms with Crippen LogP contribution in [0.1, 0.15) is 37.0 Å². The Morgan fingerprint density at radius 2 is 2.10 bits per heavy atom. The number of likely N-dealkylation sites (tertiary alicyclic amines) is 1. The Morgan fingerprint density at radius 1 is 1.38 bits per heavy atom. The zero-order valence-corrected chi connectivity index (χ0v) is 12.5. The summed E-state index contributed by atoms with van der Waals surface area (Å²) in [5.74, 6) is -0.593. The second-order valence-electron chi connectivity index (χ2n) is 5.71. The summed E-state index contributed by atoms with van der Waals surface area (Å²) < 4.78 is 5.08. The topological polar surface area (TPSA) is 78.9 Å². The summed E-state index contributed by atoms with van der Waals surface area (Å²) in [6.45, 7) is 4.68. The van der Waals surface area contributed by atoms with E-state index in [1.54, 1.807) is 11.0 Å². The smallest absolute Gasteiger partial charge is 0.337 e. The van der Waals surface area contributed by atoms with Crippen LogP contribution < -0.4 is 10.1 Å². The van der Waals surface area contributed by atoms with Gasteiger partial charge in [0.05, 0.1) is 18.4 Å². The number of hydrogen-bond acceptors (Lipinski definition) is 3. The molecule has 0 bridgehead atoms. The Labute approximate surface area is 123 Å². The Kier molecular flexibility index (Phi) is 4.06. The van der Waals surface area contributed by atoms with Crippen molar-refractivity contribution in [3.8, 4) is 5.75 Å². The van der Waals surface area contributed by atoms with Crippen molar-refractivity contribution < 1.29 is 19.4 Å². The Morgan fingerprint density at radius 3 is 2.62 bits per heavy atom. The number of benzene rings is 1. The number of nitrogens with zero attached hydrogens (tertiary/aromatic N) is 1. The van der Waals surface area contributed by atoms with Crippen LogP contribution in [0.25, 0.3) is 0 Å². The first-order valence-electron chi connectivity index (χ1n) is 6.85. The van der Waals surface area contributed by atoms with Crippen LogP contribution in [0.15, 0.2) is 18.2 Å². The molecular weight excluding hydrogens is 272 g/mol. The molecule has 0 aromatic heterocycles. The Hall–Kier alpha value is -2.24. The largest absolute Gasteiger partial charge is 0.497 e. The fourth-order valence-electron chi connectivity index (χ4n) is 2.61. The third kappa shape index (κ3) is 3.09. The highest BCUT2D eigenvalue weighted by atomic mass is 16.5. The lowest BCUT2D eigenvalue weighted by molar-refractivity contribution is 0.0698. The van der Waals surface area contributed by atoms with Crippen molar-refractivity contribution in [1.29, 1.82) is 0 Å². The SMILES string of the molecule is COc1ccc(C(=O)O)c(NC(=O)N2CCCC2(C)C)c1. The fraction of sp³-hybridized carbons (Fsp3) is 0.467. The van der Waals surface area contributed by atoms with Gasteiger partial charge in [0.25, 0.3) is 0 Å². The molecular formula is C15H20N2O4. The number of carboxylic acid groups (broad SMARTS) is 1. The zero-order valence-electron chi connectivity index (χ0n) is 12.5. The van der Waals surface area contributed by atoms with Gasteiger partial charge < -0.3 is 20.1 Å². The van der Waals surface area contributed by atoms with Crippen molar-refractivity contribution in [2.24, 2.45) is 0 Å². The number of carbonyl (C=O) groups is 2. The van der Waals surface area contributed by atoms with Gasteiger partial charge in [-0.2, -0.15) is 0 Å². The van der Waals surface area contributed by atoms with Gasteiger partial charge in [0, 0.05) is 18.2 Å². The van der Waals surface area contributed by atoms with Gasteiger partial charge in [0.15, 0.2) is 0 Å². The number of carbonyl (C=O) groups excluding carboxylic acids is 1. The molecule has 2 N–H and O–H groups in total. The van der Waals surface area contributed by atoms with Crippen molar-refractivity contribution in [1.82, 2.24) is 4.90 Å². The van der Waals surface area contributed by atoms with Gasteiger partial charge in [-0.15, -0.1) is 0 Å². The highest BCUT2D eigenvalue weighted by molar-refractivity contribution is 6.00. The van der Waals surface area contributed by atoms with Gasteiger partial charge in [0.2, 0.25) is 0 Å². The molecule has 6 nitrogen and oxygen atoms in total. The van der Waals surface area contributed by atoms with E-state index in [1.165, 1.54) is 19.2 Å². The molecule has 0 saturated carbocycles. The number of rotatable bonds is 3. The van der Waals surface area contributed by atoms with Gasteiger partial charge in [-0.05, 0) is 38.8 Å². The summed E-state index contributed by atoms with van der Waals surface area (Å²) in [5.41, 5.74) is 0.0718. The van der Waals surface area contributed by atoms with Gasteiger partial charge in [-0.1, -0.05) is 0 Å². The summed E-state index contributed by atoms with van der Waals surface area (Å²) in [7, 11) is 1.49. The minimum absolute atomic E-state index is 0.0427. The maximum Gasteiger partial charge on any atom is 0.337 e. The van der Waals surface area contributed by atoms with Crippen LogP contribution in [0.3, 0.4) is 0 Å². The molecule has 0 aliphatic carbocycles. The van der Waals surface area contributed by atoms with E-state index in [9.17, 15) is 14.7 Å². The quantitative estimate of drug-likeness (QED) is 0.898. The van der Waals surface area contributed by atoms with Crippen molar-refractivity contribution in [2.75, 3.05) is 19.0 Å². The van der Waals surface area contributed by atoms with Crippen LogP contribution in [0, 0.1) is 0 Å². The second-order valence-corrected chi connectivity index (χ2v) is 5.71. The summed E-state index contributed by atoms with van der Waals surface area (Å²) >= 11 is 0. The average molecular weight is 292 g/mol. The van der Waals surface area contributed by atoms with E-state index in [-0.39, 0.29) is 22.8 Å². The molecule has 6 heteroatoms. The van der Waals surface area contributed by atoms with Gasteiger partial charge in [0.1, 0.15) is 5.75 Å². The number of hydrogen-bond donors (Lipinski definition) is 2. The predicted molar refractivity (Wildman–Crippen MR) is 79.0 cm³/mol. The standard InChI is InChI=1S/C15H20N2O4/c1-15(2)7-4-8-17(15)14(20)16-12-9-10(21-3)5-6-11(12)13(18)19/h5-6,9H,4,7-8H2,1-3H3,(H,16,20)(H,18,19). The van der Waals surface area contributed by atoms with Crippen LogP contribution in [0.4, 0.5) is 10.5 Å². The monoisotopic (exact) mass is 292 g/mol. The number of urea groups is 1. The van der Waals surface area contributed by atoms with E-state index >= 15 is 0 Å². The van der Waals surface area contributed by atoms with E-state index in [0.29, 0.717) is 12.3 Å². The summed E-state index contributed by atoms with van der Waals surface area (Å²) in [4.78, 5) is 25.4. The zero-order chi connectivity index (χ0) is 15.6. The maximum absolute atomic E-state index is 12.4. The molecule has 1 aromatic carbocycles. The van der Waals surface area contributed by atoms with Gasteiger partial charge in [-0.25, -0.2) is 9.59 Å². The van der Waals surface area contributed by atoms with Crippen LogP contribution in [0.5, 0.6) is 5.75 Å². The van der Waals surface area contributed by atoms with E-state index in [0.717, 1.165) is 12.8 Å². The molecule has 114 valence electrons. The lowest BCUT2D eigenvalue weighted by Crippen LogP contribution is -2.45. The van der Waals surface area contributed by atoms with E-state index in [4.69, 9.17) is 4.74 Å². The molecule has 1 fully saturated rings. The van der Waals surface area contributed by atoms with Crippen molar-refractivity contribution >= 4 is 17.7 Å². The lowest BCUT2D eigenvalue weighted by Gasteiger charge is -2.31. The number of anilines is 1. The summed E-state index contributed by atoms with van der Waals surface area (Å²) in [5, 5.41) is 11.9. The van der Waals surface area contributed by atoms with Crippen LogP contribution in [0.2, 0.25) is 0 Å². The summed E-state index contributed by atoms with van der Waals surface area (Å²) in [6.07, 6.45) is 1.88. The number of ether oxygens (including phenoxy) is 1. The normalized spacial score (nSPS) is 16.6. The molecule has 0 unspecified atom stereocenters. The fourth-order valence-corrected chi connectivity index (χ4v) is 2.61. The summed E-state index contributed by atoms with van der Waals surface area (Å²) in [6, 6.07) is 4.21. The Bertz CT molecular complexity index is 569. The van der Waals surface area contributed by atoms with Crippen LogP contribution >= 0.6 is 0 Å². The Balaban J connectivity index is 2.26. The maximum atomic E-state index is 12.4. The molecule has 0 spiro atoms. The van der Waals surface area contributed by atoms with E-state index in [1.807, 2.05) is 13.8 Å². The highest BCUT2D eigenvalue weighted by Crippen LogP contribution is 2.30. The molecule has 1 aliphatic rings. The number of amides is 2. The first-order valence-corrected chi connectivity index (χ1v) is 6.85. The molecule has 1 heterocycles. The molecule has 1 saturated heterocycles. The van der Waals surface area contributed by atoms with Gasteiger partial charge in [-0.3, -0.25) is 0 Å². The molecule has 1 aromatic rings. The van der Waals surface area contributed by atoms with Crippen LogP contribution in [-0.2, 0) is 0 Å². The average Bonchev–Trinajstić information content (AvgIpc) is 2.77. The predicted octanol–water partition coefficient (Wildman–Crippen LogP) is 2.80. The van der Waals surface area contributed by atoms with Crippen LogP contribution in [-0.4, -0.2) is 41.2 Å². The number of methoxy groups -OCH3 is 1. The minimum Gasteiger partial charge on any atom is -0.497 e. The number of aromatic carboxylic acids is 1. The van der Waals surface area contributed by atoms with Crippen molar-refractivity contribution in [3.63, 3.8) is 0 Å². The highest BCUT2D eigenvalue weighted by Gasteiger charge is 2.35. The molecule has 0 atom stereocenters. The third-order valence-electron chi connectivity index (χ3n) is 3.84. The van der Waals surface area contributed by atoms with Crippen molar-refractivity contribution in [3.05, 3.63) is 23.8 Å². The lowest BCUT2D eigenvalue weighted by atomic mass is 10.0. The number of nitrogens with one attached hydrogen (secondary N) is 1. The minimum atomic E-state index is -1.09. The molecule has 2 rings (SSSR count). The van der Waals surface area contributed by atoms with Gasteiger partial charge >= 0.3 is 12.0 Å². The van der Waals surface area contributed by atoms with E-state index < -0.39 is 5.97 Å². The molecule has 1 aliphatic heterocycles. The number of carboxylic acids is 1. The molecule has 21 heavy (non-hydrogen) atoms. The second kappa shape index (κ2) is 5.63. The first kappa shape index (κ1) is 15.2. The molecule has 2 amide bonds.